The molecular weight excluding hydrogens is 1400 g/mol. The highest BCUT2D eigenvalue weighted by Crippen LogP contribution is 2.36. The van der Waals surface area contributed by atoms with Crippen LogP contribution in [0.5, 0.6) is 34.5 Å². The Morgan fingerprint density at radius 2 is 0.734 bits per heavy atom. The quantitative estimate of drug-likeness (QED) is 0.0681. The number of amides is 3. The Morgan fingerprint density at radius 1 is 0.367 bits per heavy atom. The van der Waals surface area contributed by atoms with Crippen LogP contribution in [0.15, 0.2) is 302 Å². The zero-order valence-electron chi connectivity index (χ0n) is 59.5. The summed E-state index contributed by atoms with van der Waals surface area (Å²) in [4.78, 5) is 89.2. The lowest BCUT2D eigenvalue weighted by atomic mass is 10.1. The number of pyridine rings is 3. The number of carbonyl (C=O) groups excluding carboxylic acids is 3. The van der Waals surface area contributed by atoms with Gasteiger partial charge in [0.2, 0.25) is 17.7 Å². The van der Waals surface area contributed by atoms with Crippen molar-refractivity contribution < 1.29 is 33.0 Å². The molecule has 3 amide bonds. The molecule has 540 valence electrons. The van der Waals surface area contributed by atoms with Crippen LogP contribution < -0.4 is 47.2 Å². The molecule has 0 atom stereocenters. The number of ether oxygens (including phenoxy) is 3. The molecule has 9 aromatic carbocycles. The van der Waals surface area contributed by atoms with Gasteiger partial charge in [0.1, 0.15) is 40.3 Å². The fraction of sp³-hybridized carbons (Fsp3) is 0.0581. The van der Waals surface area contributed by atoms with E-state index in [1.54, 1.807) is 192 Å². The highest BCUT2D eigenvalue weighted by Gasteiger charge is 2.22. The molecule has 0 aliphatic rings. The molecule has 6 aromatic heterocycles. The highest BCUT2D eigenvalue weighted by molar-refractivity contribution is 6.32. The van der Waals surface area contributed by atoms with Gasteiger partial charge < -0.3 is 30.2 Å². The molecule has 0 bridgehead atoms. The van der Waals surface area contributed by atoms with E-state index in [9.17, 15) is 33.2 Å². The van der Waals surface area contributed by atoms with Crippen LogP contribution in [0.1, 0.15) is 27.8 Å². The first-order valence-electron chi connectivity index (χ1n) is 34.0. The van der Waals surface area contributed by atoms with E-state index in [0.717, 1.165) is 39.3 Å². The highest BCUT2D eigenvalue weighted by atomic mass is 35.5. The Kier molecular flexibility index (Phi) is 21.3. The molecule has 0 unspecified atom stereocenters. The Labute approximate surface area is 628 Å². The van der Waals surface area contributed by atoms with E-state index in [1.165, 1.54) is 30.4 Å². The Bertz CT molecular complexity index is 6290. The fourth-order valence-electron chi connectivity index (χ4n) is 12.2. The molecule has 0 saturated heterocycles. The third-order valence-corrected chi connectivity index (χ3v) is 18.2. The van der Waals surface area contributed by atoms with Crippen LogP contribution in [-0.2, 0) is 14.4 Å². The van der Waals surface area contributed by atoms with Crippen LogP contribution in [0.3, 0.4) is 0 Å². The van der Waals surface area contributed by atoms with Crippen LogP contribution in [0.4, 0.5) is 21.5 Å². The number of carbonyl (C=O) groups is 3. The van der Waals surface area contributed by atoms with Gasteiger partial charge in [-0.15, -0.1) is 0 Å². The number of fused-ring (bicyclic) bond motifs is 3. The Hall–Kier alpha value is -14.5. The van der Waals surface area contributed by atoms with Crippen molar-refractivity contribution >= 4 is 79.5 Å². The molecule has 6 heterocycles. The molecule has 23 heteroatoms. The number of anilines is 3. The summed E-state index contributed by atoms with van der Waals surface area (Å²) in [6.45, 7) is 20.4. The van der Waals surface area contributed by atoms with Gasteiger partial charge in [0.05, 0.1) is 90.8 Å². The van der Waals surface area contributed by atoms with Crippen LogP contribution >= 0.6 is 11.6 Å². The van der Waals surface area contributed by atoms with Crippen LogP contribution in [0.25, 0.3) is 67.2 Å². The van der Waals surface area contributed by atoms with Crippen molar-refractivity contribution in [3.8, 4) is 68.6 Å². The lowest BCUT2D eigenvalue weighted by molar-refractivity contribution is -0.112. The number of nitrogens with one attached hydrogen (secondary N) is 3. The number of aryl methyl sites for hydroxylation is 3. The SMILES string of the molecule is C=CC(=O)Nc1cccc(-n2c(=O)n(-c3ccc(Oc4cccc(C)c4C)c(Cl)c3)c3cnccc32)c1.C=CC(=O)Nc1cccc(-n2c(=O)n(-c3ccc(Oc4cccc(C)c4C)cc3)c3cnccc32)c1.C=CC(=O)Nc1cccc(-n2c(=O)n(-c3ccc(Oc4cccc(F)c4)c(C)c3)c3cnccc32)c1. The van der Waals surface area contributed by atoms with Gasteiger partial charge in [-0.05, 0) is 238 Å². The van der Waals surface area contributed by atoms with Crippen LogP contribution in [-0.4, -0.2) is 60.1 Å². The van der Waals surface area contributed by atoms with Gasteiger partial charge in [-0.1, -0.05) is 79.9 Å². The van der Waals surface area contributed by atoms with E-state index < -0.39 is 0 Å². The van der Waals surface area contributed by atoms with Crippen LogP contribution in [0.2, 0.25) is 5.02 Å². The van der Waals surface area contributed by atoms with Crippen molar-refractivity contribution in [1.82, 2.24) is 42.4 Å². The molecule has 0 aliphatic heterocycles. The predicted octanol–water partition coefficient (Wildman–Crippen LogP) is 17.6. The molecule has 0 spiro atoms. The van der Waals surface area contributed by atoms with E-state index in [2.05, 4.69) is 50.6 Å². The zero-order valence-corrected chi connectivity index (χ0v) is 60.2. The second-order valence-electron chi connectivity index (χ2n) is 24.9. The Morgan fingerprint density at radius 3 is 1.16 bits per heavy atom. The lowest BCUT2D eigenvalue weighted by Gasteiger charge is -2.13. The maximum absolute atomic E-state index is 13.8. The maximum Gasteiger partial charge on any atom is 0.338 e. The van der Waals surface area contributed by atoms with E-state index in [0.29, 0.717) is 112 Å². The van der Waals surface area contributed by atoms with Crippen LogP contribution in [0, 0.1) is 40.4 Å². The average Bonchev–Trinajstić information content (AvgIpc) is 1.61. The van der Waals surface area contributed by atoms with Gasteiger partial charge in [-0.2, -0.15) is 0 Å². The number of nitrogens with zero attached hydrogens (tertiary/aromatic N) is 9. The minimum absolute atomic E-state index is 0.256. The molecule has 3 N–H and O–H groups in total. The maximum atomic E-state index is 13.8. The van der Waals surface area contributed by atoms with E-state index in [4.69, 9.17) is 25.8 Å². The van der Waals surface area contributed by atoms with E-state index in [1.807, 2.05) is 107 Å². The minimum atomic E-state index is -0.387. The normalized spacial score (nSPS) is 10.9. The molecule has 15 rings (SSSR count). The summed E-state index contributed by atoms with van der Waals surface area (Å²) in [5.74, 6) is 2.21. The first-order valence-corrected chi connectivity index (χ1v) is 34.4. The van der Waals surface area contributed by atoms with Gasteiger partial charge >= 0.3 is 17.1 Å². The van der Waals surface area contributed by atoms with Gasteiger partial charge in [0, 0.05) is 41.7 Å². The molecule has 0 saturated carbocycles. The Balaban J connectivity index is 0.000000144. The first-order chi connectivity index (χ1) is 52.8. The van der Waals surface area contributed by atoms with Crippen molar-refractivity contribution in [2.24, 2.45) is 0 Å². The summed E-state index contributed by atoms with van der Waals surface area (Å²) >= 11 is 6.62. The molecule has 21 nitrogen and oxygen atoms in total. The summed E-state index contributed by atoms with van der Waals surface area (Å²) in [7, 11) is 0. The number of halogens is 2. The topological polar surface area (TPSA) is 234 Å². The molecule has 0 radical (unpaired) electrons. The third kappa shape index (κ3) is 15.5. The number of aromatic nitrogens is 9. The van der Waals surface area contributed by atoms with E-state index >= 15 is 0 Å². The summed E-state index contributed by atoms with van der Waals surface area (Å²) in [6, 6.07) is 62.1. The van der Waals surface area contributed by atoms with Crippen molar-refractivity contribution in [3.05, 3.63) is 358 Å². The van der Waals surface area contributed by atoms with E-state index in [-0.39, 0.29) is 40.6 Å². The van der Waals surface area contributed by atoms with Gasteiger partial charge in [0.15, 0.2) is 0 Å². The molecule has 0 aliphatic carbocycles. The zero-order chi connectivity index (χ0) is 76.6. The second-order valence-corrected chi connectivity index (χ2v) is 25.3. The standard InChI is InChI=1S/C29H23ClN4O3.C29H24N4O3.C28H21FN4O3/c1-4-28(35)32-20-8-6-9-21(15-20)33-24-13-14-31-17-25(24)34(29(33)36)22-11-12-27(23(30)16-22)37-26-10-5-7-18(2)19(26)3;1-4-28(34)31-21-8-6-9-23(17-21)33-25-15-16-30-18-26(25)32(29(33)35)22-11-13-24(14-12-22)36-27-10-5-7-19(2)20(27)3;1-3-27(34)31-20-7-5-8-21(16-20)32-24-12-13-30-17-25(24)33(28(32)35)22-10-11-26(18(2)14-22)36-23-9-4-6-19(29)15-23/h4-17H,1H2,2-3H3,(H,32,35);4-18H,1H2,2-3H3,(H,31,34);3-17H,1H2,2H3,(H,31,34). The van der Waals surface area contributed by atoms with Gasteiger partial charge in [-0.3, -0.25) is 56.7 Å². The van der Waals surface area contributed by atoms with Crippen molar-refractivity contribution in [3.63, 3.8) is 0 Å². The number of rotatable bonds is 18. The molecule has 109 heavy (non-hydrogen) atoms. The lowest BCUT2D eigenvalue weighted by Crippen LogP contribution is -2.22. The number of imidazole rings is 3. The summed E-state index contributed by atoms with van der Waals surface area (Å²) < 4.78 is 41.0. The average molecular weight is 1470 g/mol. The van der Waals surface area contributed by atoms with Crippen molar-refractivity contribution in [2.45, 2.75) is 34.6 Å². The predicted molar refractivity (Wildman–Crippen MR) is 425 cm³/mol. The number of hydrogen-bond donors (Lipinski definition) is 3. The molecule has 15 aromatic rings. The smallest absolute Gasteiger partial charge is 0.338 e. The minimum Gasteiger partial charge on any atom is -0.457 e. The number of hydrogen-bond acceptors (Lipinski definition) is 12. The van der Waals surface area contributed by atoms with Crippen molar-refractivity contribution in [2.75, 3.05) is 16.0 Å². The second kappa shape index (κ2) is 31.8. The summed E-state index contributed by atoms with van der Waals surface area (Å²) in [5.41, 5.74) is 13.4. The monoisotopic (exact) mass is 1470 g/mol. The largest absolute Gasteiger partial charge is 0.457 e. The van der Waals surface area contributed by atoms with Gasteiger partial charge in [-0.25, -0.2) is 18.8 Å². The first kappa shape index (κ1) is 72.8. The van der Waals surface area contributed by atoms with Gasteiger partial charge in [0.25, 0.3) is 0 Å². The fourth-order valence-corrected chi connectivity index (χ4v) is 12.4. The molecule has 0 fully saturated rings. The molecular formula is C86H68ClFN12O9. The summed E-state index contributed by atoms with van der Waals surface area (Å²) in [6.07, 6.45) is 13.4. The summed E-state index contributed by atoms with van der Waals surface area (Å²) in [5, 5.41) is 8.54. The van der Waals surface area contributed by atoms with Crippen molar-refractivity contribution in [1.29, 1.82) is 0 Å². The number of benzene rings is 9. The third-order valence-electron chi connectivity index (χ3n) is 17.9.